The second-order valence-electron chi connectivity index (χ2n) is 4.07. The van der Waals surface area contributed by atoms with E-state index in [2.05, 4.69) is 25.1 Å². The van der Waals surface area contributed by atoms with Gasteiger partial charge in [0, 0.05) is 12.1 Å². The van der Waals surface area contributed by atoms with Gasteiger partial charge in [-0.15, -0.1) is 12.4 Å². The second kappa shape index (κ2) is 6.43. The molecule has 3 heteroatoms. The first-order chi connectivity index (χ1) is 8.26. The molecule has 0 unspecified atom stereocenters. The Hall–Kier alpha value is -1.51. The van der Waals surface area contributed by atoms with Gasteiger partial charge in [-0.05, 0) is 30.2 Å². The van der Waals surface area contributed by atoms with Crippen LogP contribution < -0.4 is 10.5 Å². The second-order valence-corrected chi connectivity index (χ2v) is 4.07. The van der Waals surface area contributed by atoms with Gasteiger partial charge in [-0.1, -0.05) is 35.9 Å². The molecule has 2 aromatic rings. The van der Waals surface area contributed by atoms with Crippen molar-refractivity contribution in [2.24, 2.45) is 5.73 Å². The van der Waals surface area contributed by atoms with E-state index in [1.807, 2.05) is 24.3 Å². The van der Waals surface area contributed by atoms with Crippen molar-refractivity contribution in [1.29, 1.82) is 0 Å². The number of methoxy groups -OCH3 is 1. The zero-order valence-electron chi connectivity index (χ0n) is 10.6. The maximum absolute atomic E-state index is 5.78. The number of nitrogens with two attached hydrogens (primary N) is 1. The third-order valence-electron chi connectivity index (χ3n) is 2.88. The number of hydrogen-bond donors (Lipinski definition) is 1. The zero-order valence-corrected chi connectivity index (χ0v) is 11.5. The molecule has 0 spiro atoms. The van der Waals surface area contributed by atoms with E-state index in [9.17, 15) is 0 Å². The first-order valence-corrected chi connectivity index (χ1v) is 5.69. The molecule has 2 aromatic carbocycles. The van der Waals surface area contributed by atoms with Crippen molar-refractivity contribution in [3.8, 4) is 16.9 Å². The highest BCUT2D eigenvalue weighted by atomic mass is 35.5. The van der Waals surface area contributed by atoms with Crippen molar-refractivity contribution in [2.75, 3.05) is 7.11 Å². The fourth-order valence-electron chi connectivity index (χ4n) is 1.99. The van der Waals surface area contributed by atoms with Crippen LogP contribution in [-0.2, 0) is 6.54 Å². The van der Waals surface area contributed by atoms with Crippen molar-refractivity contribution < 1.29 is 4.74 Å². The van der Waals surface area contributed by atoms with Crippen molar-refractivity contribution in [3.63, 3.8) is 0 Å². The average Bonchev–Trinajstić information content (AvgIpc) is 2.38. The third kappa shape index (κ3) is 2.84. The number of benzene rings is 2. The van der Waals surface area contributed by atoms with Gasteiger partial charge < -0.3 is 10.5 Å². The Kier molecular flexibility index (Phi) is 5.20. The molecule has 96 valence electrons. The number of rotatable bonds is 3. The van der Waals surface area contributed by atoms with Crippen LogP contribution in [0.2, 0.25) is 0 Å². The first-order valence-electron chi connectivity index (χ1n) is 5.69. The topological polar surface area (TPSA) is 35.2 Å². The minimum atomic E-state index is 0. The Morgan fingerprint density at radius 2 is 1.78 bits per heavy atom. The van der Waals surface area contributed by atoms with Gasteiger partial charge in [0.1, 0.15) is 5.75 Å². The van der Waals surface area contributed by atoms with Crippen LogP contribution >= 0.6 is 12.4 Å². The highest BCUT2D eigenvalue weighted by Gasteiger charge is 2.09. The molecule has 0 aliphatic heterocycles. The standard InChI is InChI=1S/C15H17NO.ClH/c1-11-7-8-15(17-2)14(9-11)13-6-4-3-5-12(13)10-16;/h3-9H,10,16H2,1-2H3;1H. The molecular formula is C15H18ClNO. The molecule has 0 heterocycles. The van der Waals surface area contributed by atoms with Crippen LogP contribution in [0.5, 0.6) is 5.75 Å². The minimum absolute atomic E-state index is 0. The molecule has 0 bridgehead atoms. The van der Waals surface area contributed by atoms with Crippen molar-refractivity contribution >= 4 is 12.4 Å². The molecule has 0 amide bonds. The highest BCUT2D eigenvalue weighted by molar-refractivity contribution is 5.85. The lowest BCUT2D eigenvalue weighted by Crippen LogP contribution is -1.99. The van der Waals surface area contributed by atoms with Crippen LogP contribution in [-0.4, -0.2) is 7.11 Å². The summed E-state index contributed by atoms with van der Waals surface area (Å²) >= 11 is 0. The first kappa shape index (κ1) is 14.6. The maximum Gasteiger partial charge on any atom is 0.126 e. The molecular weight excluding hydrogens is 246 g/mol. The van der Waals surface area contributed by atoms with Crippen molar-refractivity contribution in [2.45, 2.75) is 13.5 Å². The predicted octanol–water partition coefficient (Wildman–Crippen LogP) is 3.55. The maximum atomic E-state index is 5.78. The van der Waals surface area contributed by atoms with E-state index in [1.165, 1.54) is 5.56 Å². The molecule has 0 fully saturated rings. The lowest BCUT2D eigenvalue weighted by molar-refractivity contribution is 0.416. The van der Waals surface area contributed by atoms with Gasteiger partial charge in [-0.2, -0.15) is 0 Å². The molecule has 0 saturated heterocycles. The molecule has 2 N–H and O–H groups in total. The number of hydrogen-bond acceptors (Lipinski definition) is 2. The van der Waals surface area contributed by atoms with Gasteiger partial charge in [0.15, 0.2) is 0 Å². The van der Waals surface area contributed by atoms with Gasteiger partial charge in [0.25, 0.3) is 0 Å². The average molecular weight is 264 g/mol. The van der Waals surface area contributed by atoms with E-state index >= 15 is 0 Å². The van der Waals surface area contributed by atoms with E-state index in [0.29, 0.717) is 6.54 Å². The number of ether oxygens (including phenoxy) is 1. The zero-order chi connectivity index (χ0) is 12.3. The Balaban J connectivity index is 0.00000162. The summed E-state index contributed by atoms with van der Waals surface area (Å²) < 4.78 is 5.41. The summed E-state index contributed by atoms with van der Waals surface area (Å²) in [7, 11) is 1.69. The van der Waals surface area contributed by atoms with Gasteiger partial charge in [-0.3, -0.25) is 0 Å². The summed E-state index contributed by atoms with van der Waals surface area (Å²) in [6.45, 7) is 2.61. The third-order valence-corrected chi connectivity index (χ3v) is 2.88. The highest BCUT2D eigenvalue weighted by Crippen LogP contribution is 2.32. The number of aryl methyl sites for hydroxylation is 1. The van der Waals surface area contributed by atoms with Crippen molar-refractivity contribution in [1.82, 2.24) is 0 Å². The summed E-state index contributed by atoms with van der Waals surface area (Å²) in [5, 5.41) is 0. The summed E-state index contributed by atoms with van der Waals surface area (Å²) in [5.41, 5.74) is 10.4. The van der Waals surface area contributed by atoms with Crippen LogP contribution in [0.1, 0.15) is 11.1 Å². The van der Waals surface area contributed by atoms with Gasteiger partial charge >= 0.3 is 0 Å². The van der Waals surface area contributed by atoms with Gasteiger partial charge in [0.05, 0.1) is 7.11 Å². The monoisotopic (exact) mass is 263 g/mol. The Bertz CT molecular complexity index is 526. The molecule has 0 radical (unpaired) electrons. The summed E-state index contributed by atoms with van der Waals surface area (Å²) in [6, 6.07) is 14.3. The molecule has 0 aliphatic rings. The Labute approximate surface area is 114 Å². The largest absolute Gasteiger partial charge is 0.496 e. The summed E-state index contributed by atoms with van der Waals surface area (Å²) in [5.74, 6) is 0.886. The molecule has 0 aromatic heterocycles. The lowest BCUT2D eigenvalue weighted by Gasteiger charge is -2.12. The fourth-order valence-corrected chi connectivity index (χ4v) is 1.99. The fraction of sp³-hybridized carbons (Fsp3) is 0.200. The quantitative estimate of drug-likeness (QED) is 0.919. The predicted molar refractivity (Wildman–Crippen MR) is 78.3 cm³/mol. The molecule has 2 rings (SSSR count). The van der Waals surface area contributed by atoms with E-state index < -0.39 is 0 Å². The van der Waals surface area contributed by atoms with E-state index in [1.54, 1.807) is 7.11 Å². The smallest absolute Gasteiger partial charge is 0.126 e. The SMILES string of the molecule is COc1ccc(C)cc1-c1ccccc1CN.Cl. The summed E-state index contributed by atoms with van der Waals surface area (Å²) in [4.78, 5) is 0. The van der Waals surface area contributed by atoms with Crippen LogP contribution in [0.4, 0.5) is 0 Å². The molecule has 2 nitrogen and oxygen atoms in total. The minimum Gasteiger partial charge on any atom is -0.496 e. The number of halogens is 1. The van der Waals surface area contributed by atoms with Crippen LogP contribution in [0.15, 0.2) is 42.5 Å². The lowest BCUT2D eigenvalue weighted by atomic mass is 9.97. The molecule has 0 aliphatic carbocycles. The Morgan fingerprint density at radius 3 is 2.44 bits per heavy atom. The summed E-state index contributed by atoms with van der Waals surface area (Å²) in [6.07, 6.45) is 0. The normalized spacial score (nSPS) is 9.72. The van der Waals surface area contributed by atoms with Crippen LogP contribution in [0.3, 0.4) is 0 Å². The van der Waals surface area contributed by atoms with Gasteiger partial charge in [0.2, 0.25) is 0 Å². The van der Waals surface area contributed by atoms with Crippen LogP contribution in [0.25, 0.3) is 11.1 Å². The van der Waals surface area contributed by atoms with E-state index in [0.717, 1.165) is 22.4 Å². The van der Waals surface area contributed by atoms with Crippen molar-refractivity contribution in [3.05, 3.63) is 53.6 Å². The Morgan fingerprint density at radius 1 is 1.06 bits per heavy atom. The molecule has 0 atom stereocenters. The van der Waals surface area contributed by atoms with Gasteiger partial charge in [-0.25, -0.2) is 0 Å². The molecule has 0 saturated carbocycles. The molecule has 18 heavy (non-hydrogen) atoms. The van der Waals surface area contributed by atoms with Crippen LogP contribution in [0, 0.1) is 6.92 Å². The van der Waals surface area contributed by atoms with E-state index in [-0.39, 0.29) is 12.4 Å². The van der Waals surface area contributed by atoms with E-state index in [4.69, 9.17) is 10.5 Å².